The van der Waals surface area contributed by atoms with Crippen LogP contribution in [0.5, 0.6) is 0 Å². The molecule has 3 nitrogen and oxygen atoms in total. The quantitative estimate of drug-likeness (QED) is 0.611. The summed E-state index contributed by atoms with van der Waals surface area (Å²) >= 11 is 9.36. The van der Waals surface area contributed by atoms with E-state index in [1.54, 1.807) is 0 Å². The predicted octanol–water partition coefficient (Wildman–Crippen LogP) is 5.02. The van der Waals surface area contributed by atoms with Crippen LogP contribution in [0.15, 0.2) is 53.1 Å². The van der Waals surface area contributed by atoms with E-state index in [0.717, 1.165) is 22.0 Å². The Morgan fingerprint density at radius 1 is 1.14 bits per heavy atom. The molecule has 22 heavy (non-hydrogen) atoms. The molecule has 0 aliphatic carbocycles. The van der Waals surface area contributed by atoms with Crippen LogP contribution >= 0.6 is 27.5 Å². The van der Waals surface area contributed by atoms with E-state index in [1.807, 2.05) is 42.6 Å². The lowest BCUT2D eigenvalue weighted by molar-refractivity contribution is -0.0981. The number of hydrogen-bond acceptors (Lipinski definition) is 2. The summed E-state index contributed by atoms with van der Waals surface area (Å²) in [6, 6.07) is 13.7. The van der Waals surface area contributed by atoms with Gasteiger partial charge in [-0.1, -0.05) is 39.7 Å². The van der Waals surface area contributed by atoms with Gasteiger partial charge in [-0.25, -0.2) is 0 Å². The van der Waals surface area contributed by atoms with E-state index >= 15 is 0 Å². The van der Waals surface area contributed by atoms with Gasteiger partial charge < -0.3 is 10.2 Å². The molecule has 2 aromatic carbocycles. The Morgan fingerprint density at radius 2 is 1.91 bits per heavy atom. The van der Waals surface area contributed by atoms with Crippen LogP contribution < -0.4 is 0 Å². The molecular formula is C17H16BrClN2O. The molecule has 0 aliphatic rings. The molecule has 0 radical (unpaired) electrons. The number of hydroxylamine groups is 2. The van der Waals surface area contributed by atoms with Crippen molar-refractivity contribution < 1.29 is 5.21 Å². The summed E-state index contributed by atoms with van der Waals surface area (Å²) < 4.78 is 1.06. The van der Waals surface area contributed by atoms with E-state index in [4.69, 9.17) is 11.6 Å². The Morgan fingerprint density at radius 3 is 2.68 bits per heavy atom. The minimum Gasteiger partial charge on any atom is -0.361 e. The molecule has 114 valence electrons. The number of aromatic nitrogens is 1. The molecule has 3 rings (SSSR count). The molecular weight excluding hydrogens is 364 g/mol. The van der Waals surface area contributed by atoms with E-state index in [2.05, 4.69) is 27.0 Å². The number of aromatic amines is 1. The maximum Gasteiger partial charge on any atom is 0.0488 e. The topological polar surface area (TPSA) is 39.3 Å². The van der Waals surface area contributed by atoms with Crippen LogP contribution in [-0.4, -0.2) is 21.8 Å². The van der Waals surface area contributed by atoms with Gasteiger partial charge in [-0.3, -0.25) is 0 Å². The first-order chi connectivity index (χ1) is 10.6. The van der Waals surface area contributed by atoms with Gasteiger partial charge in [-0.05, 0) is 47.9 Å². The molecule has 0 amide bonds. The van der Waals surface area contributed by atoms with Gasteiger partial charge in [-0.2, -0.15) is 5.06 Å². The Hall–Kier alpha value is -1.33. The van der Waals surface area contributed by atoms with Crippen molar-refractivity contribution in [1.29, 1.82) is 0 Å². The second kappa shape index (κ2) is 6.84. The van der Waals surface area contributed by atoms with Crippen LogP contribution in [0.1, 0.15) is 11.1 Å². The standard InChI is InChI=1S/C17H16BrClN2O/c18-14-3-6-17-16(9-14)13(10-20-17)7-8-21(22)11-12-1-4-15(19)5-2-12/h1-6,9-10,20,22H,7-8,11H2. The number of benzene rings is 2. The number of H-pyrrole nitrogens is 1. The molecule has 0 unspecified atom stereocenters. The zero-order valence-electron chi connectivity index (χ0n) is 11.9. The van der Waals surface area contributed by atoms with Crippen LogP contribution in [0.4, 0.5) is 0 Å². The van der Waals surface area contributed by atoms with Crippen molar-refractivity contribution in [3.05, 3.63) is 69.3 Å². The third kappa shape index (κ3) is 3.70. The third-order valence-electron chi connectivity index (χ3n) is 3.65. The highest BCUT2D eigenvalue weighted by Gasteiger charge is 2.07. The van der Waals surface area contributed by atoms with Crippen molar-refractivity contribution in [2.75, 3.05) is 6.54 Å². The molecule has 0 saturated heterocycles. The first kappa shape index (κ1) is 15.6. The zero-order chi connectivity index (χ0) is 15.5. The zero-order valence-corrected chi connectivity index (χ0v) is 14.2. The first-order valence-electron chi connectivity index (χ1n) is 7.05. The van der Waals surface area contributed by atoms with Gasteiger partial charge in [-0.15, -0.1) is 0 Å². The van der Waals surface area contributed by atoms with Gasteiger partial charge in [0.25, 0.3) is 0 Å². The normalized spacial score (nSPS) is 11.5. The number of halogens is 2. The minimum atomic E-state index is 0.489. The summed E-state index contributed by atoms with van der Waals surface area (Å²) in [5.41, 5.74) is 3.35. The monoisotopic (exact) mass is 378 g/mol. The lowest BCUT2D eigenvalue weighted by Crippen LogP contribution is -2.21. The van der Waals surface area contributed by atoms with E-state index in [9.17, 15) is 5.21 Å². The smallest absolute Gasteiger partial charge is 0.0488 e. The fraction of sp³-hybridized carbons (Fsp3) is 0.176. The summed E-state index contributed by atoms with van der Waals surface area (Å²) in [6.45, 7) is 1.06. The lowest BCUT2D eigenvalue weighted by Gasteiger charge is -2.14. The van der Waals surface area contributed by atoms with E-state index in [-0.39, 0.29) is 0 Å². The van der Waals surface area contributed by atoms with E-state index < -0.39 is 0 Å². The summed E-state index contributed by atoms with van der Waals surface area (Å²) in [7, 11) is 0. The number of fused-ring (bicyclic) bond motifs is 1. The van der Waals surface area contributed by atoms with Gasteiger partial charge in [0.05, 0.1) is 0 Å². The molecule has 0 atom stereocenters. The third-order valence-corrected chi connectivity index (χ3v) is 4.39. The molecule has 0 bridgehead atoms. The molecule has 0 fully saturated rings. The van der Waals surface area contributed by atoms with Crippen molar-refractivity contribution in [3.63, 3.8) is 0 Å². The molecule has 0 saturated carbocycles. The van der Waals surface area contributed by atoms with Gasteiger partial charge in [0.15, 0.2) is 0 Å². The Labute approximate surface area is 142 Å². The van der Waals surface area contributed by atoms with E-state index in [1.165, 1.54) is 16.0 Å². The summed E-state index contributed by atoms with van der Waals surface area (Å²) in [6.07, 6.45) is 2.79. The number of nitrogens with one attached hydrogen (secondary N) is 1. The largest absolute Gasteiger partial charge is 0.361 e. The van der Waals surface area contributed by atoms with E-state index in [0.29, 0.717) is 18.1 Å². The van der Waals surface area contributed by atoms with Gasteiger partial charge in [0.1, 0.15) is 0 Å². The van der Waals surface area contributed by atoms with Crippen LogP contribution in [0, 0.1) is 0 Å². The van der Waals surface area contributed by atoms with Crippen molar-refractivity contribution in [2.24, 2.45) is 0 Å². The Bertz CT molecular complexity index is 770. The predicted molar refractivity (Wildman–Crippen MR) is 93.4 cm³/mol. The average molecular weight is 380 g/mol. The number of hydrogen-bond donors (Lipinski definition) is 2. The highest BCUT2D eigenvalue weighted by molar-refractivity contribution is 9.10. The summed E-state index contributed by atoms with van der Waals surface area (Å²) in [4.78, 5) is 3.26. The van der Waals surface area contributed by atoms with Crippen LogP contribution in [0.3, 0.4) is 0 Å². The highest BCUT2D eigenvalue weighted by Crippen LogP contribution is 2.23. The minimum absolute atomic E-state index is 0.489. The van der Waals surface area contributed by atoms with Gasteiger partial charge in [0, 0.05) is 39.7 Å². The Balaban J connectivity index is 1.63. The summed E-state index contributed by atoms with van der Waals surface area (Å²) in [5, 5.41) is 13.3. The van der Waals surface area contributed by atoms with Gasteiger partial charge >= 0.3 is 0 Å². The van der Waals surface area contributed by atoms with Crippen molar-refractivity contribution in [2.45, 2.75) is 13.0 Å². The van der Waals surface area contributed by atoms with Crippen LogP contribution in [-0.2, 0) is 13.0 Å². The summed E-state index contributed by atoms with van der Waals surface area (Å²) in [5.74, 6) is 0. The molecule has 1 heterocycles. The molecule has 3 aromatic rings. The number of rotatable bonds is 5. The van der Waals surface area contributed by atoms with Crippen molar-refractivity contribution in [3.8, 4) is 0 Å². The van der Waals surface area contributed by atoms with Crippen molar-refractivity contribution >= 4 is 38.4 Å². The fourth-order valence-electron chi connectivity index (χ4n) is 2.49. The Kier molecular flexibility index (Phi) is 4.84. The van der Waals surface area contributed by atoms with Crippen molar-refractivity contribution in [1.82, 2.24) is 10.0 Å². The molecule has 0 spiro atoms. The maximum atomic E-state index is 10.1. The molecule has 5 heteroatoms. The number of nitrogens with zero attached hydrogens (tertiary/aromatic N) is 1. The van der Waals surface area contributed by atoms with Gasteiger partial charge in [0.2, 0.25) is 0 Å². The van der Waals surface area contributed by atoms with Crippen LogP contribution in [0.2, 0.25) is 5.02 Å². The maximum absolute atomic E-state index is 10.1. The molecule has 0 aliphatic heterocycles. The average Bonchev–Trinajstić information content (AvgIpc) is 2.90. The second-order valence-electron chi connectivity index (χ2n) is 5.27. The second-order valence-corrected chi connectivity index (χ2v) is 6.62. The SMILES string of the molecule is ON(CCc1c[nH]c2ccc(Br)cc12)Cc1ccc(Cl)cc1. The molecule has 2 N–H and O–H groups in total. The molecule has 1 aromatic heterocycles. The fourth-order valence-corrected chi connectivity index (χ4v) is 2.97. The highest BCUT2D eigenvalue weighted by atomic mass is 79.9. The van der Waals surface area contributed by atoms with Crippen LogP contribution in [0.25, 0.3) is 10.9 Å². The lowest BCUT2D eigenvalue weighted by atomic mass is 10.1. The first-order valence-corrected chi connectivity index (χ1v) is 8.23.